The molecule has 0 spiro atoms. The first-order valence-electron chi connectivity index (χ1n) is 10.2. The van der Waals surface area contributed by atoms with Crippen LogP contribution >= 0.6 is 0 Å². The van der Waals surface area contributed by atoms with Gasteiger partial charge in [0.05, 0.1) is 17.6 Å². The molecule has 1 amide bonds. The van der Waals surface area contributed by atoms with E-state index >= 15 is 0 Å². The molecule has 1 aromatic heterocycles. The summed E-state index contributed by atoms with van der Waals surface area (Å²) in [6, 6.07) is 14.3. The van der Waals surface area contributed by atoms with Gasteiger partial charge < -0.3 is 14.6 Å². The second-order valence-electron chi connectivity index (χ2n) is 8.52. The van der Waals surface area contributed by atoms with Crippen molar-refractivity contribution in [1.82, 2.24) is 14.9 Å². The van der Waals surface area contributed by atoms with E-state index in [1.54, 1.807) is 0 Å². The van der Waals surface area contributed by atoms with Crippen LogP contribution in [0.25, 0.3) is 11.0 Å². The third-order valence-electron chi connectivity index (χ3n) is 5.11. The lowest BCUT2D eigenvalue weighted by Crippen LogP contribution is -2.36. The Hall–Kier alpha value is -2.82. The minimum Gasteiger partial charge on any atom is -0.492 e. The summed E-state index contributed by atoms with van der Waals surface area (Å²) in [5.74, 6) is 1.90. The molecule has 0 aliphatic carbocycles. The maximum Gasteiger partial charge on any atom is 0.225 e. The first-order chi connectivity index (χ1) is 13.8. The van der Waals surface area contributed by atoms with Gasteiger partial charge in [-0.15, -0.1) is 0 Å². The van der Waals surface area contributed by atoms with E-state index in [4.69, 9.17) is 9.72 Å². The van der Waals surface area contributed by atoms with Crippen molar-refractivity contribution in [2.75, 3.05) is 13.2 Å². The molecule has 3 aromatic rings. The lowest BCUT2D eigenvalue weighted by Gasteiger charge is -2.17. The monoisotopic (exact) mass is 393 g/mol. The fraction of sp³-hybridized carbons (Fsp3) is 0.417. The van der Waals surface area contributed by atoms with E-state index < -0.39 is 0 Å². The molecule has 5 heteroatoms. The van der Waals surface area contributed by atoms with Gasteiger partial charge in [-0.1, -0.05) is 39.0 Å². The Balaban J connectivity index is 1.69. The Morgan fingerprint density at radius 2 is 1.86 bits per heavy atom. The molecule has 0 fully saturated rings. The Morgan fingerprint density at radius 3 is 2.59 bits per heavy atom. The Morgan fingerprint density at radius 1 is 1.10 bits per heavy atom. The van der Waals surface area contributed by atoms with Crippen LogP contribution in [0.5, 0.6) is 5.75 Å². The van der Waals surface area contributed by atoms with Crippen molar-refractivity contribution in [1.29, 1.82) is 0 Å². The van der Waals surface area contributed by atoms with Gasteiger partial charge in [0.1, 0.15) is 18.2 Å². The number of imidazole rings is 1. The molecule has 0 aliphatic rings. The number of aryl methyl sites for hydroxylation is 2. The highest BCUT2D eigenvalue weighted by Crippen LogP contribution is 2.19. The first-order valence-corrected chi connectivity index (χ1v) is 10.2. The van der Waals surface area contributed by atoms with E-state index in [0.717, 1.165) is 22.6 Å². The van der Waals surface area contributed by atoms with E-state index in [1.807, 2.05) is 45.0 Å². The topological polar surface area (TPSA) is 56.1 Å². The van der Waals surface area contributed by atoms with Gasteiger partial charge >= 0.3 is 0 Å². The zero-order chi connectivity index (χ0) is 21.0. The van der Waals surface area contributed by atoms with Crippen LogP contribution in [-0.4, -0.2) is 28.6 Å². The fourth-order valence-corrected chi connectivity index (χ4v) is 3.18. The van der Waals surface area contributed by atoms with E-state index in [0.29, 0.717) is 26.1 Å². The largest absolute Gasteiger partial charge is 0.492 e. The van der Waals surface area contributed by atoms with E-state index in [1.165, 1.54) is 11.1 Å². The Labute approximate surface area is 173 Å². The second-order valence-corrected chi connectivity index (χ2v) is 8.52. The van der Waals surface area contributed by atoms with Crippen LogP contribution in [0.1, 0.15) is 37.7 Å². The van der Waals surface area contributed by atoms with Gasteiger partial charge in [-0.05, 0) is 49.2 Å². The number of nitrogens with one attached hydrogen (secondary N) is 1. The maximum absolute atomic E-state index is 12.1. The van der Waals surface area contributed by atoms with Crippen molar-refractivity contribution in [2.24, 2.45) is 5.41 Å². The minimum absolute atomic E-state index is 0.0539. The molecule has 0 aliphatic heterocycles. The van der Waals surface area contributed by atoms with Crippen molar-refractivity contribution < 1.29 is 9.53 Å². The zero-order valence-electron chi connectivity index (χ0n) is 18.1. The van der Waals surface area contributed by atoms with Gasteiger partial charge in [0, 0.05) is 18.4 Å². The molecular formula is C24H31N3O2. The summed E-state index contributed by atoms with van der Waals surface area (Å²) in [7, 11) is 0. The molecule has 5 nitrogen and oxygen atoms in total. The summed E-state index contributed by atoms with van der Waals surface area (Å²) < 4.78 is 8.18. The molecule has 0 bridgehead atoms. The number of ether oxygens (including phenoxy) is 1. The number of carbonyl (C=O) groups excluding carboxylic acids is 1. The number of fused-ring (bicyclic) bond motifs is 1. The molecule has 0 unspecified atom stereocenters. The van der Waals surface area contributed by atoms with Gasteiger partial charge in [0.2, 0.25) is 5.91 Å². The van der Waals surface area contributed by atoms with Gasteiger partial charge in [-0.2, -0.15) is 0 Å². The van der Waals surface area contributed by atoms with Crippen molar-refractivity contribution >= 4 is 16.9 Å². The molecule has 29 heavy (non-hydrogen) atoms. The van der Waals surface area contributed by atoms with Gasteiger partial charge in [-0.3, -0.25) is 4.79 Å². The number of benzene rings is 2. The summed E-state index contributed by atoms with van der Waals surface area (Å²) in [6.07, 6.45) is 0.681. The number of carbonyl (C=O) groups is 1. The quantitative estimate of drug-likeness (QED) is 0.646. The van der Waals surface area contributed by atoms with E-state index in [9.17, 15) is 4.79 Å². The number of hydrogen-bond acceptors (Lipinski definition) is 3. The summed E-state index contributed by atoms with van der Waals surface area (Å²) in [5.41, 5.74) is 4.16. The molecule has 2 aromatic carbocycles. The van der Waals surface area contributed by atoms with Gasteiger partial charge in [0.15, 0.2) is 0 Å². The van der Waals surface area contributed by atoms with Crippen LogP contribution in [0.15, 0.2) is 42.5 Å². The average molecular weight is 394 g/mol. The summed E-state index contributed by atoms with van der Waals surface area (Å²) in [5, 5.41) is 3.01. The van der Waals surface area contributed by atoms with Gasteiger partial charge in [0.25, 0.3) is 0 Å². The lowest BCUT2D eigenvalue weighted by atomic mass is 9.96. The summed E-state index contributed by atoms with van der Waals surface area (Å²) in [4.78, 5) is 16.9. The zero-order valence-corrected chi connectivity index (χ0v) is 18.1. The molecule has 0 saturated carbocycles. The average Bonchev–Trinajstić information content (AvgIpc) is 3.01. The highest BCUT2D eigenvalue weighted by Gasteiger charge is 2.20. The van der Waals surface area contributed by atoms with Crippen LogP contribution in [0.2, 0.25) is 0 Å². The molecule has 1 N–H and O–H groups in total. The number of hydrogen-bond donors (Lipinski definition) is 1. The molecule has 1 heterocycles. The summed E-state index contributed by atoms with van der Waals surface area (Å²) in [6.45, 7) is 11.8. The molecular weight excluding hydrogens is 362 g/mol. The van der Waals surface area contributed by atoms with E-state index in [2.05, 4.69) is 41.9 Å². The Bertz CT molecular complexity index is 999. The third kappa shape index (κ3) is 5.17. The van der Waals surface area contributed by atoms with Crippen LogP contribution in [-0.2, 0) is 17.8 Å². The second kappa shape index (κ2) is 8.68. The fourth-order valence-electron chi connectivity index (χ4n) is 3.18. The van der Waals surface area contributed by atoms with Gasteiger partial charge in [-0.25, -0.2) is 4.98 Å². The summed E-state index contributed by atoms with van der Waals surface area (Å²) >= 11 is 0. The number of rotatable bonds is 7. The third-order valence-corrected chi connectivity index (χ3v) is 5.11. The SMILES string of the molecule is Cc1ccc(OCCn2c(CCNC(=O)C(C)(C)C)nc3ccccc32)cc1C. The predicted octanol–water partition coefficient (Wildman–Crippen LogP) is 4.44. The molecule has 0 saturated heterocycles. The van der Waals surface area contributed by atoms with Crippen molar-refractivity contribution in [3.8, 4) is 5.75 Å². The van der Waals surface area contributed by atoms with Crippen LogP contribution in [0.3, 0.4) is 0 Å². The highest BCUT2D eigenvalue weighted by atomic mass is 16.5. The van der Waals surface area contributed by atoms with Crippen molar-refractivity contribution in [3.05, 3.63) is 59.4 Å². The van der Waals surface area contributed by atoms with Crippen LogP contribution in [0.4, 0.5) is 0 Å². The number of nitrogens with zero attached hydrogens (tertiary/aromatic N) is 2. The Kier molecular flexibility index (Phi) is 6.26. The maximum atomic E-state index is 12.1. The predicted molar refractivity (Wildman–Crippen MR) is 117 cm³/mol. The lowest BCUT2D eigenvalue weighted by molar-refractivity contribution is -0.128. The van der Waals surface area contributed by atoms with Crippen LogP contribution in [0, 0.1) is 19.3 Å². The normalized spacial score (nSPS) is 11.6. The minimum atomic E-state index is -0.389. The molecule has 0 radical (unpaired) electrons. The molecule has 0 atom stereocenters. The molecule has 3 rings (SSSR count). The smallest absolute Gasteiger partial charge is 0.225 e. The van der Waals surface area contributed by atoms with Crippen LogP contribution < -0.4 is 10.1 Å². The van der Waals surface area contributed by atoms with E-state index in [-0.39, 0.29) is 11.3 Å². The molecule has 154 valence electrons. The first kappa shape index (κ1) is 20.9. The standard InChI is InChI=1S/C24H31N3O2/c1-17-10-11-19(16-18(17)2)29-15-14-27-21-9-7-6-8-20(21)26-22(27)12-13-25-23(28)24(3,4)5/h6-11,16H,12-15H2,1-5H3,(H,25,28). The number of para-hydroxylation sites is 2. The number of aromatic nitrogens is 2. The highest BCUT2D eigenvalue weighted by molar-refractivity contribution is 5.81. The number of amides is 1. The van der Waals surface area contributed by atoms with Crippen molar-refractivity contribution in [3.63, 3.8) is 0 Å². The van der Waals surface area contributed by atoms with Crippen molar-refractivity contribution in [2.45, 2.75) is 47.6 Å².